The Morgan fingerprint density at radius 3 is 1.79 bits per heavy atom. The number of hydrogen-bond acceptors (Lipinski definition) is 4. The Labute approximate surface area is 155 Å². The monoisotopic (exact) mass is 393 g/mol. The second kappa shape index (κ2) is 11.3. The van der Waals surface area contributed by atoms with Gasteiger partial charge in [0.2, 0.25) is 0 Å². The van der Waals surface area contributed by atoms with E-state index in [1.165, 1.54) is 6.54 Å². The van der Waals surface area contributed by atoms with E-state index in [0.717, 1.165) is 25.7 Å². The quantitative estimate of drug-likeness (QED) is 0.256. The topological polar surface area (TPSA) is 30.9 Å². The van der Waals surface area contributed by atoms with E-state index in [2.05, 4.69) is 50.4 Å². The highest BCUT2D eigenvalue weighted by atomic mass is 28.4. The Kier molecular flexibility index (Phi) is 11.5. The van der Waals surface area contributed by atoms with Crippen LogP contribution < -0.4 is 0 Å². The van der Waals surface area contributed by atoms with Crippen LogP contribution in [0.2, 0.25) is 45.3 Å². The third-order valence-corrected chi connectivity index (χ3v) is 13.8. The van der Waals surface area contributed by atoms with Crippen LogP contribution in [0.15, 0.2) is 0 Å². The number of ether oxygens (including phenoxy) is 3. The van der Waals surface area contributed by atoms with Gasteiger partial charge in [-0.2, -0.15) is 0 Å². The Morgan fingerprint density at radius 2 is 1.38 bits per heavy atom. The molecule has 0 aliphatic carbocycles. The van der Waals surface area contributed by atoms with Gasteiger partial charge in [0, 0.05) is 26.4 Å². The molecule has 24 heavy (non-hydrogen) atoms. The van der Waals surface area contributed by atoms with Crippen LogP contribution in [0.25, 0.3) is 0 Å². The Balaban J connectivity index is 4.02. The Morgan fingerprint density at radius 1 is 0.875 bits per heavy atom. The van der Waals surface area contributed by atoms with Gasteiger partial charge in [-0.25, -0.2) is 0 Å². The van der Waals surface area contributed by atoms with Gasteiger partial charge in [-0.1, -0.05) is 39.3 Å². The normalized spacial score (nSPS) is 14.2. The van der Waals surface area contributed by atoms with Crippen LogP contribution in [0.3, 0.4) is 0 Å². The molecule has 146 valence electrons. The molecule has 4 nitrogen and oxygen atoms in total. The summed E-state index contributed by atoms with van der Waals surface area (Å²) >= 11 is 0. The maximum atomic E-state index is 5.89. The molecule has 0 aromatic rings. The van der Waals surface area contributed by atoms with Crippen molar-refractivity contribution in [2.45, 2.75) is 77.9 Å². The largest absolute Gasteiger partial charge is 0.382 e. The zero-order valence-corrected chi connectivity index (χ0v) is 21.2. The molecular weight excluding hydrogens is 350 g/mol. The van der Waals surface area contributed by atoms with Gasteiger partial charge >= 0.3 is 0 Å². The molecule has 0 amide bonds. The van der Waals surface area contributed by atoms with Crippen molar-refractivity contribution < 1.29 is 14.2 Å². The van der Waals surface area contributed by atoms with Crippen LogP contribution in [-0.2, 0) is 14.2 Å². The van der Waals surface area contributed by atoms with Gasteiger partial charge in [0.1, 0.15) is 21.9 Å². The van der Waals surface area contributed by atoms with Gasteiger partial charge in [0.15, 0.2) is 0 Å². The van der Waals surface area contributed by atoms with Crippen molar-refractivity contribution in [2.75, 3.05) is 33.0 Å². The van der Waals surface area contributed by atoms with Crippen LogP contribution in [0.1, 0.15) is 27.2 Å². The number of nitrogens with zero attached hydrogens (tertiary/aromatic N) is 1. The maximum Gasteiger partial charge on any atom is 0.142 e. The van der Waals surface area contributed by atoms with Crippen molar-refractivity contribution in [2.24, 2.45) is 0 Å². The van der Waals surface area contributed by atoms with Crippen molar-refractivity contribution in [1.29, 1.82) is 0 Å². The van der Waals surface area contributed by atoms with Crippen molar-refractivity contribution in [3.63, 3.8) is 0 Å². The molecule has 0 fully saturated rings. The van der Waals surface area contributed by atoms with Crippen LogP contribution in [0.4, 0.5) is 0 Å². The molecule has 0 heterocycles. The fourth-order valence-electron chi connectivity index (χ4n) is 3.40. The summed E-state index contributed by atoms with van der Waals surface area (Å²) in [6, 6.07) is 1.11. The molecule has 7 heteroatoms. The van der Waals surface area contributed by atoms with Crippen LogP contribution in [0, 0.1) is 0 Å². The lowest BCUT2D eigenvalue weighted by Gasteiger charge is -2.43. The molecule has 0 radical (unpaired) electrons. The summed E-state index contributed by atoms with van der Waals surface area (Å²) in [5.41, 5.74) is -0.320. The van der Waals surface area contributed by atoms with E-state index in [9.17, 15) is 0 Å². The van der Waals surface area contributed by atoms with Crippen molar-refractivity contribution in [3.8, 4) is 0 Å². The van der Waals surface area contributed by atoms with E-state index in [1.54, 1.807) is 0 Å². The summed E-state index contributed by atoms with van der Waals surface area (Å²) in [6.07, 6.45) is 1.14. The molecule has 0 saturated carbocycles. The van der Waals surface area contributed by atoms with Crippen molar-refractivity contribution in [3.05, 3.63) is 0 Å². The third-order valence-electron chi connectivity index (χ3n) is 4.11. The molecular formula is C17H43NO3Si3. The first kappa shape index (κ1) is 24.5. The molecule has 0 N–H and O–H groups in total. The lowest BCUT2D eigenvalue weighted by molar-refractivity contribution is -0.163. The minimum Gasteiger partial charge on any atom is -0.382 e. The van der Waals surface area contributed by atoms with E-state index in [0.29, 0.717) is 13.2 Å². The van der Waals surface area contributed by atoms with Crippen LogP contribution in [-0.4, -0.2) is 68.6 Å². The van der Waals surface area contributed by atoms with Gasteiger partial charge in [0.05, 0.1) is 9.52 Å². The zero-order valence-electron chi connectivity index (χ0n) is 17.8. The van der Waals surface area contributed by atoms with Crippen molar-refractivity contribution >= 4 is 26.0 Å². The standard InChI is InChI=1S/C17H43NO3Si3/c1-10-20-17(3,21-11-2)22-16-15-19-14-12-13-18(23(4,5)6)24(7,8)9/h10-16,22H2,1-9H3. The van der Waals surface area contributed by atoms with Gasteiger partial charge in [-0.15, -0.1) is 0 Å². The molecule has 0 atom stereocenters. The highest BCUT2D eigenvalue weighted by Crippen LogP contribution is 2.19. The molecule has 0 aromatic heterocycles. The summed E-state index contributed by atoms with van der Waals surface area (Å²) in [5, 5.41) is 0. The summed E-state index contributed by atoms with van der Waals surface area (Å²) in [5.74, 6) is 0. The molecule has 0 aliphatic rings. The van der Waals surface area contributed by atoms with Gasteiger partial charge in [0.25, 0.3) is 0 Å². The highest BCUT2D eigenvalue weighted by Gasteiger charge is 2.33. The van der Waals surface area contributed by atoms with E-state index in [4.69, 9.17) is 14.2 Å². The Hall–Kier alpha value is 0.491. The second-order valence-corrected chi connectivity index (χ2v) is 21.3. The van der Waals surface area contributed by atoms with Gasteiger partial charge < -0.3 is 18.4 Å². The molecule has 0 aliphatic heterocycles. The first-order valence-corrected chi connectivity index (χ1v) is 18.2. The fraction of sp³-hybridized carbons (Fsp3) is 1.00. The van der Waals surface area contributed by atoms with Crippen LogP contribution >= 0.6 is 0 Å². The second-order valence-electron chi connectivity index (χ2n) is 8.56. The summed E-state index contributed by atoms with van der Waals surface area (Å²) in [7, 11) is -2.91. The zero-order chi connectivity index (χ0) is 18.9. The predicted octanol–water partition coefficient (Wildman–Crippen LogP) is 3.70. The smallest absolute Gasteiger partial charge is 0.142 e. The minimum atomic E-state index is -1.23. The van der Waals surface area contributed by atoms with E-state index in [1.807, 2.05) is 13.8 Å². The molecule has 0 rings (SSSR count). The first-order valence-electron chi connectivity index (χ1n) is 9.59. The number of hydrogen-bond donors (Lipinski definition) is 0. The minimum absolute atomic E-state index is 0.320. The first-order chi connectivity index (χ1) is 11.0. The summed E-state index contributed by atoms with van der Waals surface area (Å²) < 4.78 is 20.3. The van der Waals surface area contributed by atoms with E-state index < -0.39 is 26.0 Å². The summed E-state index contributed by atoms with van der Waals surface area (Å²) in [6.45, 7) is 25.3. The lowest BCUT2D eigenvalue weighted by Crippen LogP contribution is -2.59. The van der Waals surface area contributed by atoms with Crippen molar-refractivity contribution in [1.82, 2.24) is 4.23 Å². The third kappa shape index (κ3) is 10.5. The van der Waals surface area contributed by atoms with E-state index >= 15 is 0 Å². The van der Waals surface area contributed by atoms with Crippen LogP contribution in [0.5, 0.6) is 0 Å². The summed E-state index contributed by atoms with van der Waals surface area (Å²) in [4.78, 5) is 0. The lowest BCUT2D eigenvalue weighted by atomic mass is 10.5. The number of rotatable bonds is 14. The maximum absolute atomic E-state index is 5.89. The van der Waals surface area contributed by atoms with E-state index in [-0.39, 0.29) is 5.41 Å². The highest BCUT2D eigenvalue weighted by molar-refractivity contribution is 6.89. The SMILES string of the molecule is CCOC(C)(OCC)[SiH2]CCOCCCN([Si](C)(C)C)[Si](C)(C)C. The predicted molar refractivity (Wildman–Crippen MR) is 114 cm³/mol. The molecule has 0 saturated heterocycles. The molecule has 0 aromatic carbocycles. The average Bonchev–Trinajstić information content (AvgIpc) is 2.39. The molecule has 0 bridgehead atoms. The van der Waals surface area contributed by atoms with Gasteiger partial charge in [-0.3, -0.25) is 0 Å². The van der Waals surface area contributed by atoms with Gasteiger partial charge in [-0.05, 0) is 39.8 Å². The fourth-order valence-corrected chi connectivity index (χ4v) is 14.8. The molecule has 0 unspecified atom stereocenters. The molecule has 0 spiro atoms. The Bertz CT molecular complexity index is 310. The average molecular weight is 394 g/mol.